The lowest BCUT2D eigenvalue weighted by molar-refractivity contribution is -0.00637. The maximum absolute atomic E-state index is 10.6. The minimum Gasteiger partial charge on any atom is -0.508 e. The zero-order valence-electron chi connectivity index (χ0n) is 15.1. The Labute approximate surface area is 159 Å². The smallest absolute Gasteiger partial charge is 0.120 e. The molecule has 140 valence electrons. The number of likely N-dealkylation sites (N-methyl/N-ethyl adjacent to an activating group) is 1. The van der Waals surface area contributed by atoms with Crippen molar-refractivity contribution in [2.75, 3.05) is 26.7 Å². The van der Waals surface area contributed by atoms with Gasteiger partial charge in [0.25, 0.3) is 0 Å². The number of phenols is 1. The van der Waals surface area contributed by atoms with E-state index in [0.717, 1.165) is 37.2 Å². The van der Waals surface area contributed by atoms with Gasteiger partial charge in [-0.05, 0) is 43.8 Å². The van der Waals surface area contributed by atoms with Crippen molar-refractivity contribution in [2.24, 2.45) is 0 Å². The quantitative estimate of drug-likeness (QED) is 0.812. The van der Waals surface area contributed by atoms with Gasteiger partial charge in [0.2, 0.25) is 0 Å². The number of rotatable bonds is 6. The van der Waals surface area contributed by atoms with Crippen LogP contribution in [0.2, 0.25) is 5.02 Å². The molecule has 0 unspecified atom stereocenters. The van der Waals surface area contributed by atoms with Crippen molar-refractivity contribution in [3.63, 3.8) is 0 Å². The highest BCUT2D eigenvalue weighted by atomic mass is 35.5. The fourth-order valence-electron chi connectivity index (χ4n) is 3.57. The second-order valence-corrected chi connectivity index (χ2v) is 7.42. The number of phenolic OH excluding ortho intramolecular Hbond substituents is 1. The number of nitrogens with zero attached hydrogens (tertiary/aromatic N) is 3. The monoisotopic (exact) mass is 375 g/mol. The Morgan fingerprint density at radius 1 is 1.31 bits per heavy atom. The van der Waals surface area contributed by atoms with Crippen LogP contribution in [0.5, 0.6) is 5.75 Å². The molecule has 2 aromatic rings. The minimum atomic E-state index is -0.418. The van der Waals surface area contributed by atoms with Gasteiger partial charge in [-0.2, -0.15) is 0 Å². The Hall–Kier alpha value is -1.66. The molecular formula is C20H26ClN3O2. The molecule has 6 heteroatoms. The predicted molar refractivity (Wildman–Crippen MR) is 103 cm³/mol. The van der Waals surface area contributed by atoms with Gasteiger partial charge >= 0.3 is 0 Å². The normalized spacial score (nSPS) is 21.2. The van der Waals surface area contributed by atoms with Crippen LogP contribution >= 0.6 is 11.6 Å². The van der Waals surface area contributed by atoms with Crippen LogP contribution in [0.1, 0.15) is 17.7 Å². The Morgan fingerprint density at radius 3 is 2.88 bits per heavy atom. The molecule has 0 saturated carbocycles. The fraction of sp³-hybridized carbons (Fsp3) is 0.450. The summed E-state index contributed by atoms with van der Waals surface area (Å²) in [6.07, 6.45) is 3.16. The molecule has 1 aliphatic rings. The fourth-order valence-corrected chi connectivity index (χ4v) is 3.76. The number of aromatic hydroxyl groups is 1. The molecule has 26 heavy (non-hydrogen) atoms. The van der Waals surface area contributed by atoms with Gasteiger partial charge in [0.15, 0.2) is 0 Å². The number of hydrogen-bond donors (Lipinski definition) is 2. The summed E-state index contributed by atoms with van der Waals surface area (Å²) in [5.74, 6) is 0.249. The number of hydrogen-bond acceptors (Lipinski definition) is 5. The van der Waals surface area contributed by atoms with Crippen molar-refractivity contribution in [3.8, 4) is 5.75 Å². The summed E-state index contributed by atoms with van der Waals surface area (Å²) in [5.41, 5.74) is 1.87. The Bertz CT molecular complexity index is 713. The van der Waals surface area contributed by atoms with E-state index in [1.807, 2.05) is 24.4 Å². The van der Waals surface area contributed by atoms with E-state index in [1.165, 1.54) is 0 Å². The lowest BCUT2D eigenvalue weighted by atomic mass is 9.99. The molecule has 3 rings (SSSR count). The minimum absolute atomic E-state index is 0.142. The number of benzene rings is 1. The van der Waals surface area contributed by atoms with Gasteiger partial charge < -0.3 is 15.1 Å². The Kier molecular flexibility index (Phi) is 6.48. The second-order valence-electron chi connectivity index (χ2n) is 6.98. The van der Waals surface area contributed by atoms with E-state index in [-0.39, 0.29) is 11.8 Å². The first kappa shape index (κ1) is 19.1. The van der Waals surface area contributed by atoms with E-state index in [4.69, 9.17) is 11.6 Å². The van der Waals surface area contributed by atoms with Crippen molar-refractivity contribution < 1.29 is 10.2 Å². The van der Waals surface area contributed by atoms with Crippen molar-refractivity contribution in [1.82, 2.24) is 14.8 Å². The number of likely N-dealkylation sites (tertiary alicyclic amines) is 1. The molecule has 2 N–H and O–H groups in total. The van der Waals surface area contributed by atoms with Crippen LogP contribution in [0.15, 0.2) is 42.6 Å². The van der Waals surface area contributed by atoms with Crippen LogP contribution in [0.4, 0.5) is 0 Å². The Balaban J connectivity index is 1.52. The van der Waals surface area contributed by atoms with Gasteiger partial charge in [0.05, 0.1) is 6.10 Å². The largest absolute Gasteiger partial charge is 0.508 e. The SMILES string of the molecule is CN(CCc1ccccn1)[C@@H]1CCN(Cc2cc(Cl)ccc2O)C[C@H]1O. The predicted octanol–water partition coefficient (Wildman–Crippen LogP) is 2.55. The van der Waals surface area contributed by atoms with Gasteiger partial charge in [-0.3, -0.25) is 9.88 Å². The van der Waals surface area contributed by atoms with Crippen LogP contribution in [0.25, 0.3) is 0 Å². The van der Waals surface area contributed by atoms with Gasteiger partial charge in [-0.15, -0.1) is 0 Å². The van der Waals surface area contributed by atoms with Crippen molar-refractivity contribution in [2.45, 2.75) is 31.5 Å². The van der Waals surface area contributed by atoms with Gasteiger partial charge in [-0.25, -0.2) is 0 Å². The molecule has 2 atom stereocenters. The zero-order chi connectivity index (χ0) is 18.5. The molecule has 1 aliphatic heterocycles. The number of β-amino-alcohol motifs (C(OH)–C–C–N with tert-alkyl or cyclic N) is 1. The molecule has 0 radical (unpaired) electrons. The Morgan fingerprint density at radius 2 is 2.15 bits per heavy atom. The molecule has 1 aromatic heterocycles. The lowest BCUT2D eigenvalue weighted by Crippen LogP contribution is -2.53. The van der Waals surface area contributed by atoms with Crippen LogP contribution < -0.4 is 0 Å². The molecular weight excluding hydrogens is 350 g/mol. The van der Waals surface area contributed by atoms with E-state index in [0.29, 0.717) is 18.1 Å². The van der Waals surface area contributed by atoms with Crippen LogP contribution in [0, 0.1) is 0 Å². The first-order chi connectivity index (χ1) is 12.5. The molecule has 0 bridgehead atoms. The highest BCUT2D eigenvalue weighted by molar-refractivity contribution is 6.30. The summed E-state index contributed by atoms with van der Waals surface area (Å²) in [4.78, 5) is 8.75. The van der Waals surface area contributed by atoms with E-state index in [2.05, 4.69) is 21.8 Å². The number of halogens is 1. The van der Waals surface area contributed by atoms with E-state index < -0.39 is 6.10 Å². The third-order valence-electron chi connectivity index (χ3n) is 5.08. The van der Waals surface area contributed by atoms with E-state index >= 15 is 0 Å². The maximum Gasteiger partial charge on any atom is 0.120 e. The molecule has 5 nitrogen and oxygen atoms in total. The van der Waals surface area contributed by atoms with Crippen LogP contribution in [-0.4, -0.2) is 63.8 Å². The van der Waals surface area contributed by atoms with E-state index in [1.54, 1.807) is 18.2 Å². The first-order valence-electron chi connectivity index (χ1n) is 9.01. The third-order valence-corrected chi connectivity index (χ3v) is 5.31. The number of aliphatic hydroxyl groups is 1. The molecule has 0 spiro atoms. The van der Waals surface area contributed by atoms with Gasteiger partial charge in [0.1, 0.15) is 5.75 Å². The molecule has 0 aliphatic carbocycles. The highest BCUT2D eigenvalue weighted by Gasteiger charge is 2.30. The molecule has 1 saturated heterocycles. The first-order valence-corrected chi connectivity index (χ1v) is 9.38. The summed E-state index contributed by atoms with van der Waals surface area (Å²) in [5, 5.41) is 21.2. The van der Waals surface area contributed by atoms with Crippen molar-refractivity contribution >= 4 is 11.6 Å². The molecule has 1 aromatic carbocycles. The number of pyridine rings is 1. The summed E-state index contributed by atoms with van der Waals surface area (Å²) in [6, 6.07) is 11.2. The van der Waals surface area contributed by atoms with Crippen molar-refractivity contribution in [3.05, 3.63) is 58.9 Å². The molecule has 2 heterocycles. The van der Waals surface area contributed by atoms with Crippen LogP contribution in [-0.2, 0) is 13.0 Å². The van der Waals surface area contributed by atoms with Gasteiger partial charge in [-0.1, -0.05) is 17.7 Å². The third kappa shape index (κ3) is 4.95. The number of piperidine rings is 1. The zero-order valence-corrected chi connectivity index (χ0v) is 15.8. The lowest BCUT2D eigenvalue weighted by Gasteiger charge is -2.40. The average molecular weight is 376 g/mol. The topological polar surface area (TPSA) is 59.8 Å². The summed E-state index contributed by atoms with van der Waals surface area (Å²) in [6.45, 7) is 2.92. The highest BCUT2D eigenvalue weighted by Crippen LogP contribution is 2.25. The number of aliphatic hydroxyl groups excluding tert-OH is 1. The van der Waals surface area contributed by atoms with E-state index in [9.17, 15) is 10.2 Å². The second kappa shape index (κ2) is 8.82. The maximum atomic E-state index is 10.6. The summed E-state index contributed by atoms with van der Waals surface area (Å²) < 4.78 is 0. The van der Waals surface area contributed by atoms with Gasteiger partial charge in [0, 0.05) is 61.1 Å². The average Bonchev–Trinajstić information content (AvgIpc) is 2.64. The summed E-state index contributed by atoms with van der Waals surface area (Å²) >= 11 is 6.02. The van der Waals surface area contributed by atoms with Crippen molar-refractivity contribution in [1.29, 1.82) is 0 Å². The standard InChI is InChI=1S/C20H26ClN3O2/c1-23(10-7-17-4-2-3-9-22-17)18-8-11-24(14-20(18)26)13-15-12-16(21)5-6-19(15)25/h2-6,9,12,18,20,25-26H,7-8,10-11,13-14H2,1H3/t18-,20-/m1/s1. The van der Waals surface area contributed by atoms with Crippen LogP contribution in [0.3, 0.4) is 0 Å². The molecule has 0 amide bonds. The molecule has 1 fully saturated rings. The number of aromatic nitrogens is 1. The summed E-state index contributed by atoms with van der Waals surface area (Å²) in [7, 11) is 2.06.